The monoisotopic (exact) mass is 130 g/mol. The first-order chi connectivity index (χ1) is 4.22. The molecular formula is C7H14O2. The van der Waals surface area contributed by atoms with Crippen LogP contribution in [0, 0.1) is 0 Å². The van der Waals surface area contributed by atoms with Crippen LogP contribution in [0.4, 0.5) is 0 Å². The van der Waals surface area contributed by atoms with Crippen molar-refractivity contribution in [2.75, 3.05) is 0 Å². The van der Waals surface area contributed by atoms with Gasteiger partial charge in [-0.15, -0.1) is 0 Å². The Morgan fingerprint density at radius 3 is 2.44 bits per heavy atom. The summed E-state index contributed by atoms with van der Waals surface area (Å²) in [5.41, 5.74) is 0. The molecule has 54 valence electrons. The maximum Gasteiger partial charge on any atom is 0.161 e. The van der Waals surface area contributed by atoms with E-state index >= 15 is 0 Å². The highest BCUT2D eigenvalue weighted by molar-refractivity contribution is 5.82. The van der Waals surface area contributed by atoms with Gasteiger partial charge in [-0.05, 0) is 12.8 Å². The molecule has 0 fully saturated rings. The van der Waals surface area contributed by atoms with Crippen LogP contribution in [-0.4, -0.2) is 17.0 Å². The fourth-order valence-corrected chi connectivity index (χ4v) is 0.641. The molecule has 0 saturated carbocycles. The Bertz CT molecular complexity index is 88.9. The van der Waals surface area contributed by atoms with E-state index in [0.29, 0.717) is 12.8 Å². The van der Waals surface area contributed by atoms with Crippen molar-refractivity contribution in [2.45, 2.75) is 39.2 Å². The number of carbonyl (C=O) groups excluding carboxylic acids is 1. The van der Waals surface area contributed by atoms with Crippen LogP contribution in [0.1, 0.15) is 33.1 Å². The van der Waals surface area contributed by atoms with Crippen molar-refractivity contribution in [3.05, 3.63) is 0 Å². The SMILES string of the molecule is CCCC(=O)C(O)CC. The van der Waals surface area contributed by atoms with E-state index in [4.69, 9.17) is 5.11 Å². The second-order valence-electron chi connectivity index (χ2n) is 2.14. The fourth-order valence-electron chi connectivity index (χ4n) is 0.641. The molecule has 0 aromatic carbocycles. The zero-order valence-corrected chi connectivity index (χ0v) is 6.05. The Hall–Kier alpha value is -0.370. The zero-order valence-electron chi connectivity index (χ0n) is 6.05. The van der Waals surface area contributed by atoms with Crippen molar-refractivity contribution in [1.29, 1.82) is 0 Å². The molecule has 0 saturated heterocycles. The predicted molar refractivity (Wildman–Crippen MR) is 36.2 cm³/mol. The average molecular weight is 130 g/mol. The Kier molecular flexibility index (Phi) is 4.32. The van der Waals surface area contributed by atoms with Crippen molar-refractivity contribution in [2.24, 2.45) is 0 Å². The molecule has 1 N–H and O–H groups in total. The molecule has 1 atom stereocenters. The molecule has 1 unspecified atom stereocenters. The van der Waals surface area contributed by atoms with E-state index in [9.17, 15) is 4.79 Å². The third kappa shape index (κ3) is 3.25. The molecule has 0 spiro atoms. The van der Waals surface area contributed by atoms with Gasteiger partial charge in [0.1, 0.15) is 6.10 Å². The quantitative estimate of drug-likeness (QED) is 0.619. The molecule has 0 heterocycles. The number of ketones is 1. The molecule has 0 aromatic heterocycles. The van der Waals surface area contributed by atoms with E-state index in [2.05, 4.69) is 0 Å². The number of carbonyl (C=O) groups is 1. The number of aliphatic hydroxyl groups is 1. The molecule has 0 aliphatic heterocycles. The third-order valence-corrected chi connectivity index (χ3v) is 1.25. The van der Waals surface area contributed by atoms with Gasteiger partial charge in [0.2, 0.25) is 0 Å². The summed E-state index contributed by atoms with van der Waals surface area (Å²) in [5, 5.41) is 8.91. The summed E-state index contributed by atoms with van der Waals surface area (Å²) in [7, 11) is 0. The standard InChI is InChI=1S/C7H14O2/c1-3-5-7(9)6(8)4-2/h6,8H,3-5H2,1-2H3. The second-order valence-corrected chi connectivity index (χ2v) is 2.14. The van der Waals surface area contributed by atoms with Crippen molar-refractivity contribution in [3.8, 4) is 0 Å². The van der Waals surface area contributed by atoms with Crippen molar-refractivity contribution in [3.63, 3.8) is 0 Å². The number of hydrogen-bond acceptors (Lipinski definition) is 2. The van der Waals surface area contributed by atoms with E-state index in [1.165, 1.54) is 0 Å². The highest BCUT2D eigenvalue weighted by Crippen LogP contribution is 1.97. The molecule has 0 radical (unpaired) electrons. The minimum Gasteiger partial charge on any atom is -0.385 e. The number of rotatable bonds is 4. The van der Waals surface area contributed by atoms with E-state index in [0.717, 1.165) is 6.42 Å². The lowest BCUT2D eigenvalue weighted by Gasteiger charge is -2.03. The first-order valence-electron chi connectivity index (χ1n) is 3.43. The largest absolute Gasteiger partial charge is 0.385 e. The van der Waals surface area contributed by atoms with Crippen LogP contribution >= 0.6 is 0 Å². The van der Waals surface area contributed by atoms with Gasteiger partial charge in [-0.1, -0.05) is 13.8 Å². The molecule has 2 nitrogen and oxygen atoms in total. The molecule has 0 rings (SSSR count). The lowest BCUT2D eigenvalue weighted by molar-refractivity contribution is -0.127. The van der Waals surface area contributed by atoms with Gasteiger partial charge in [-0.25, -0.2) is 0 Å². The highest BCUT2D eigenvalue weighted by Gasteiger charge is 2.09. The first kappa shape index (κ1) is 8.63. The Morgan fingerprint density at radius 1 is 1.56 bits per heavy atom. The van der Waals surface area contributed by atoms with E-state index < -0.39 is 6.10 Å². The lowest BCUT2D eigenvalue weighted by atomic mass is 10.1. The normalized spacial score (nSPS) is 13.2. The Labute approximate surface area is 55.9 Å². The maximum absolute atomic E-state index is 10.7. The lowest BCUT2D eigenvalue weighted by Crippen LogP contribution is -2.18. The van der Waals surface area contributed by atoms with Crippen molar-refractivity contribution < 1.29 is 9.90 Å². The van der Waals surface area contributed by atoms with Crippen LogP contribution in [0.5, 0.6) is 0 Å². The minimum atomic E-state index is -0.718. The average Bonchev–Trinajstić information content (AvgIpc) is 1.87. The smallest absolute Gasteiger partial charge is 0.161 e. The van der Waals surface area contributed by atoms with Gasteiger partial charge in [-0.2, -0.15) is 0 Å². The summed E-state index contributed by atoms with van der Waals surface area (Å²) in [5.74, 6) is -0.0278. The van der Waals surface area contributed by atoms with Gasteiger partial charge < -0.3 is 5.11 Å². The number of hydrogen-bond donors (Lipinski definition) is 1. The summed E-state index contributed by atoms with van der Waals surface area (Å²) < 4.78 is 0. The summed E-state index contributed by atoms with van der Waals surface area (Å²) in [6.07, 6.45) is 1.16. The highest BCUT2D eigenvalue weighted by atomic mass is 16.3. The van der Waals surface area contributed by atoms with Gasteiger partial charge in [0.15, 0.2) is 5.78 Å². The van der Waals surface area contributed by atoms with E-state index in [-0.39, 0.29) is 5.78 Å². The van der Waals surface area contributed by atoms with Crippen molar-refractivity contribution in [1.82, 2.24) is 0 Å². The van der Waals surface area contributed by atoms with Crippen molar-refractivity contribution >= 4 is 5.78 Å². The van der Waals surface area contributed by atoms with E-state index in [1.54, 1.807) is 6.92 Å². The molecule has 0 aliphatic rings. The summed E-state index contributed by atoms with van der Waals surface area (Å²) in [6.45, 7) is 3.73. The summed E-state index contributed by atoms with van der Waals surface area (Å²) >= 11 is 0. The van der Waals surface area contributed by atoms with Gasteiger partial charge in [-0.3, -0.25) is 4.79 Å². The van der Waals surface area contributed by atoms with Gasteiger partial charge in [0, 0.05) is 6.42 Å². The number of aliphatic hydroxyl groups excluding tert-OH is 1. The Morgan fingerprint density at radius 2 is 2.11 bits per heavy atom. The summed E-state index contributed by atoms with van der Waals surface area (Å²) in [6, 6.07) is 0. The van der Waals surface area contributed by atoms with Crippen LogP contribution < -0.4 is 0 Å². The molecule has 0 amide bonds. The first-order valence-corrected chi connectivity index (χ1v) is 3.43. The third-order valence-electron chi connectivity index (χ3n) is 1.25. The van der Waals surface area contributed by atoms with Crippen LogP contribution in [-0.2, 0) is 4.79 Å². The maximum atomic E-state index is 10.7. The van der Waals surface area contributed by atoms with Crippen LogP contribution in [0.3, 0.4) is 0 Å². The van der Waals surface area contributed by atoms with Crippen LogP contribution in [0.25, 0.3) is 0 Å². The molecule has 0 aromatic rings. The van der Waals surface area contributed by atoms with Crippen LogP contribution in [0.15, 0.2) is 0 Å². The molecule has 0 aliphatic carbocycles. The van der Waals surface area contributed by atoms with Gasteiger partial charge in [0.25, 0.3) is 0 Å². The van der Waals surface area contributed by atoms with Crippen LogP contribution in [0.2, 0.25) is 0 Å². The molecule has 9 heavy (non-hydrogen) atoms. The topological polar surface area (TPSA) is 37.3 Å². The Balaban J connectivity index is 3.46. The van der Waals surface area contributed by atoms with E-state index in [1.807, 2.05) is 6.92 Å². The van der Waals surface area contributed by atoms with Gasteiger partial charge in [0.05, 0.1) is 0 Å². The fraction of sp³-hybridized carbons (Fsp3) is 0.857. The molecule has 0 bridgehead atoms. The predicted octanol–water partition coefficient (Wildman–Crippen LogP) is 1.13. The molecular weight excluding hydrogens is 116 g/mol. The molecule has 2 heteroatoms. The minimum absolute atomic E-state index is 0.0278. The number of Topliss-reactive ketones (excluding diaryl/α,β-unsaturated/α-hetero) is 1. The summed E-state index contributed by atoms with van der Waals surface area (Å²) in [4.78, 5) is 10.7. The van der Waals surface area contributed by atoms with Gasteiger partial charge >= 0.3 is 0 Å². The second kappa shape index (κ2) is 4.50. The zero-order chi connectivity index (χ0) is 7.28.